The van der Waals surface area contributed by atoms with Crippen LogP contribution in [-0.2, 0) is 28.6 Å². The molecule has 0 spiro atoms. The van der Waals surface area contributed by atoms with Crippen LogP contribution in [0, 0.1) is 0 Å². The van der Waals surface area contributed by atoms with Gasteiger partial charge in [-0.25, -0.2) is 4.79 Å². The number of rotatable bonds is 10. The summed E-state index contributed by atoms with van der Waals surface area (Å²) in [5.41, 5.74) is 0.914. The third-order valence-electron chi connectivity index (χ3n) is 7.65. The maximum absolute atomic E-state index is 14.2. The summed E-state index contributed by atoms with van der Waals surface area (Å²) in [4.78, 5) is 43.7. The fourth-order valence-corrected chi connectivity index (χ4v) is 5.60. The number of carbonyl (C=O) groups excluding carboxylic acids is 3. The van der Waals surface area contributed by atoms with E-state index in [2.05, 4.69) is 17.2 Å². The Morgan fingerprint density at radius 3 is 2.26 bits per heavy atom. The molecule has 2 atom stereocenters. The number of urea groups is 1. The molecule has 0 bridgehead atoms. The van der Waals surface area contributed by atoms with Crippen molar-refractivity contribution in [1.29, 1.82) is 0 Å². The van der Waals surface area contributed by atoms with Crippen LogP contribution >= 0.6 is 0 Å². The topological polar surface area (TPSA) is 81.8 Å². The van der Waals surface area contributed by atoms with Crippen LogP contribution in [-0.4, -0.2) is 53.3 Å². The van der Waals surface area contributed by atoms with Gasteiger partial charge in [-0.2, -0.15) is 13.2 Å². The number of amides is 4. The number of nitrogens with zero attached hydrogens (tertiary/aromatic N) is 2. The number of hydrogen-bond acceptors (Lipinski definition) is 3. The van der Waals surface area contributed by atoms with Crippen LogP contribution in [0.15, 0.2) is 109 Å². The van der Waals surface area contributed by atoms with Crippen molar-refractivity contribution < 1.29 is 27.6 Å². The molecule has 3 aromatic carbocycles. The average molecular weight is 589 g/mol. The van der Waals surface area contributed by atoms with Gasteiger partial charge in [-0.3, -0.25) is 14.5 Å². The van der Waals surface area contributed by atoms with Gasteiger partial charge in [0.15, 0.2) is 0 Å². The molecule has 2 aliphatic heterocycles. The van der Waals surface area contributed by atoms with E-state index >= 15 is 0 Å². The van der Waals surface area contributed by atoms with E-state index in [1.165, 1.54) is 34.1 Å². The average Bonchev–Trinajstić information content (AvgIpc) is 3.34. The Morgan fingerprint density at radius 2 is 1.60 bits per heavy atom. The first-order valence-corrected chi connectivity index (χ1v) is 13.9. The van der Waals surface area contributed by atoms with Gasteiger partial charge in [0.25, 0.3) is 5.91 Å². The van der Waals surface area contributed by atoms with E-state index in [1.54, 1.807) is 0 Å². The maximum Gasteiger partial charge on any atom is 0.416 e. The van der Waals surface area contributed by atoms with Crippen LogP contribution in [0.25, 0.3) is 0 Å². The van der Waals surface area contributed by atoms with Crippen LogP contribution in [0.2, 0.25) is 0 Å². The molecule has 0 fully saturated rings. The SMILES string of the molecule is C=CCN1C(=O)N[C@H](c2ccccc2C(F)(F)F)C2=C1CN([C@@H](Cc1ccccc1)C(=O)NCCc1ccccc1)C2=O. The van der Waals surface area contributed by atoms with Crippen molar-refractivity contribution in [1.82, 2.24) is 20.4 Å². The molecule has 3 aromatic rings. The quantitative estimate of drug-likeness (QED) is 0.327. The first-order valence-electron chi connectivity index (χ1n) is 13.9. The van der Waals surface area contributed by atoms with Gasteiger partial charge in [-0.15, -0.1) is 6.58 Å². The van der Waals surface area contributed by atoms with E-state index in [4.69, 9.17) is 0 Å². The van der Waals surface area contributed by atoms with Gasteiger partial charge in [-0.05, 0) is 29.2 Å². The number of hydrogen-bond donors (Lipinski definition) is 2. The second-order valence-electron chi connectivity index (χ2n) is 10.4. The van der Waals surface area contributed by atoms with Crippen molar-refractivity contribution in [3.63, 3.8) is 0 Å². The van der Waals surface area contributed by atoms with E-state index < -0.39 is 41.7 Å². The largest absolute Gasteiger partial charge is 0.416 e. The van der Waals surface area contributed by atoms with Crippen molar-refractivity contribution in [2.75, 3.05) is 19.6 Å². The summed E-state index contributed by atoms with van der Waals surface area (Å²) in [6.07, 6.45) is -2.48. The minimum atomic E-state index is -4.71. The summed E-state index contributed by atoms with van der Waals surface area (Å²) in [5.74, 6) is -1.00. The molecule has 0 aromatic heterocycles. The van der Waals surface area contributed by atoms with Crippen molar-refractivity contribution >= 4 is 17.8 Å². The van der Waals surface area contributed by atoms with Crippen LogP contribution in [0.5, 0.6) is 0 Å². The first kappa shape index (κ1) is 29.6. The summed E-state index contributed by atoms with van der Waals surface area (Å²) in [6, 6.07) is 20.7. The molecule has 2 N–H and O–H groups in total. The maximum atomic E-state index is 14.2. The van der Waals surface area contributed by atoms with Crippen LogP contribution in [0.1, 0.15) is 28.3 Å². The number of halogens is 3. The molecular weight excluding hydrogens is 557 g/mol. The van der Waals surface area contributed by atoms with Crippen LogP contribution < -0.4 is 10.6 Å². The second-order valence-corrected chi connectivity index (χ2v) is 10.4. The molecule has 7 nitrogen and oxygen atoms in total. The number of benzene rings is 3. The Bertz CT molecular complexity index is 1540. The normalized spacial score (nSPS) is 17.4. The third kappa shape index (κ3) is 6.33. The van der Waals surface area contributed by atoms with Crippen LogP contribution in [0.4, 0.5) is 18.0 Å². The Morgan fingerprint density at radius 1 is 0.977 bits per heavy atom. The lowest BCUT2D eigenvalue weighted by atomic mass is 9.91. The van der Waals surface area contributed by atoms with Gasteiger partial charge in [0.1, 0.15) is 6.04 Å². The highest BCUT2D eigenvalue weighted by molar-refractivity contribution is 6.03. The summed E-state index contributed by atoms with van der Waals surface area (Å²) in [5, 5.41) is 5.54. The van der Waals surface area contributed by atoms with Crippen molar-refractivity contribution in [3.8, 4) is 0 Å². The minimum absolute atomic E-state index is 0.00768. The summed E-state index contributed by atoms with van der Waals surface area (Å²) >= 11 is 0. The minimum Gasteiger partial charge on any atom is -0.354 e. The number of carbonyl (C=O) groups is 3. The molecule has 0 unspecified atom stereocenters. The zero-order chi connectivity index (χ0) is 30.6. The summed E-state index contributed by atoms with van der Waals surface area (Å²) in [7, 11) is 0. The Hall–Kier alpha value is -4.86. The molecular formula is C33H31F3N4O3. The second kappa shape index (κ2) is 12.6. The zero-order valence-corrected chi connectivity index (χ0v) is 23.3. The lowest BCUT2D eigenvalue weighted by Crippen LogP contribution is -2.50. The first-order chi connectivity index (χ1) is 20.7. The predicted octanol–water partition coefficient (Wildman–Crippen LogP) is 5.02. The highest BCUT2D eigenvalue weighted by atomic mass is 19.4. The fourth-order valence-electron chi connectivity index (χ4n) is 5.60. The van der Waals surface area contributed by atoms with Gasteiger partial charge in [0.2, 0.25) is 5.91 Å². The van der Waals surface area contributed by atoms with E-state index in [-0.39, 0.29) is 36.3 Å². The smallest absolute Gasteiger partial charge is 0.354 e. The molecule has 0 saturated carbocycles. The standard InChI is InChI=1S/C33H31F3N4O3/c1-2-19-39-27-21-40(31(42)28(27)29(38-32(39)43)24-15-9-10-16-25(24)33(34,35)36)26(20-23-13-7-4-8-14-23)30(41)37-18-17-22-11-5-3-6-12-22/h2-16,26,29H,1,17-21H2,(H,37,41)(H,38,43)/t26-,29+/m0/s1. The Kier molecular flexibility index (Phi) is 8.66. The molecule has 5 rings (SSSR count). The molecule has 10 heteroatoms. The molecule has 4 amide bonds. The van der Waals surface area contributed by atoms with Crippen molar-refractivity contribution in [3.05, 3.63) is 131 Å². The van der Waals surface area contributed by atoms with Crippen LogP contribution in [0.3, 0.4) is 0 Å². The van der Waals surface area contributed by atoms with Gasteiger partial charge in [0, 0.05) is 19.5 Å². The molecule has 0 aliphatic carbocycles. The van der Waals surface area contributed by atoms with E-state index in [9.17, 15) is 27.6 Å². The lowest BCUT2D eigenvalue weighted by Gasteiger charge is -2.33. The molecule has 43 heavy (non-hydrogen) atoms. The zero-order valence-electron chi connectivity index (χ0n) is 23.3. The molecule has 222 valence electrons. The van der Waals surface area contributed by atoms with E-state index in [0.29, 0.717) is 13.0 Å². The summed E-state index contributed by atoms with van der Waals surface area (Å²) < 4.78 is 42.1. The lowest BCUT2D eigenvalue weighted by molar-refractivity contribution is -0.138. The summed E-state index contributed by atoms with van der Waals surface area (Å²) in [6.45, 7) is 3.93. The van der Waals surface area contributed by atoms with Gasteiger partial charge in [-0.1, -0.05) is 84.9 Å². The fraction of sp³-hybridized carbons (Fsp3) is 0.242. The highest BCUT2D eigenvalue weighted by Gasteiger charge is 2.48. The van der Waals surface area contributed by atoms with Gasteiger partial charge in [0.05, 0.1) is 29.4 Å². The predicted molar refractivity (Wildman–Crippen MR) is 155 cm³/mol. The van der Waals surface area contributed by atoms with E-state index in [1.807, 2.05) is 60.7 Å². The monoisotopic (exact) mass is 588 g/mol. The van der Waals surface area contributed by atoms with E-state index in [0.717, 1.165) is 17.2 Å². The molecule has 2 aliphatic rings. The van der Waals surface area contributed by atoms with Crippen molar-refractivity contribution in [2.45, 2.75) is 31.1 Å². The molecule has 0 saturated heterocycles. The number of alkyl halides is 3. The van der Waals surface area contributed by atoms with Crippen molar-refractivity contribution in [2.24, 2.45) is 0 Å². The van der Waals surface area contributed by atoms with Gasteiger partial charge < -0.3 is 15.5 Å². The molecule has 2 heterocycles. The van der Waals surface area contributed by atoms with Gasteiger partial charge >= 0.3 is 12.2 Å². The molecule has 0 radical (unpaired) electrons. The third-order valence-corrected chi connectivity index (χ3v) is 7.65. The highest BCUT2D eigenvalue weighted by Crippen LogP contribution is 2.42. The Balaban J connectivity index is 1.49. The Labute approximate surface area is 247 Å². The number of nitrogens with one attached hydrogen (secondary N) is 2.